The Hall–Kier alpha value is -2.47. The van der Waals surface area contributed by atoms with Crippen LogP contribution in [0.2, 0.25) is 5.02 Å². The fraction of sp³-hybridized carbons (Fsp3) is 0.0500. The number of amidine groups is 1. The number of nitrogens with zero attached hydrogens (tertiary/aromatic N) is 2. The van der Waals surface area contributed by atoms with Gasteiger partial charge >= 0.3 is 0 Å². The molecular weight excluding hydrogens is 369 g/mol. The number of hydrazine groups is 1. The van der Waals surface area contributed by atoms with Gasteiger partial charge in [0.1, 0.15) is 5.82 Å². The Morgan fingerprint density at radius 3 is 2.54 bits per heavy atom. The Bertz CT molecular complexity index is 977. The van der Waals surface area contributed by atoms with Gasteiger partial charge in [0.15, 0.2) is 5.84 Å². The van der Waals surface area contributed by atoms with Crippen LogP contribution in [-0.4, -0.2) is 10.8 Å². The van der Waals surface area contributed by atoms with Crippen LogP contribution in [0, 0.1) is 5.82 Å². The lowest BCUT2D eigenvalue weighted by Crippen LogP contribution is -2.42. The van der Waals surface area contributed by atoms with Crippen molar-refractivity contribution in [2.45, 2.75) is 6.54 Å². The molecule has 1 aliphatic heterocycles. The van der Waals surface area contributed by atoms with Gasteiger partial charge in [0.2, 0.25) is 0 Å². The first kappa shape index (κ1) is 17.0. The second kappa shape index (κ2) is 7.03. The van der Waals surface area contributed by atoms with Crippen LogP contribution in [-0.2, 0) is 6.54 Å². The van der Waals surface area contributed by atoms with Gasteiger partial charge in [-0.1, -0.05) is 30.3 Å². The smallest absolute Gasteiger partial charge is 0.155 e. The molecule has 26 heavy (non-hydrogen) atoms. The molecule has 0 saturated carbocycles. The van der Waals surface area contributed by atoms with E-state index in [1.54, 1.807) is 23.5 Å². The number of aliphatic imine (C=N–C) groups is 1. The third-order valence-corrected chi connectivity index (χ3v) is 5.28. The summed E-state index contributed by atoms with van der Waals surface area (Å²) in [6.45, 7) is 4.81. The predicted octanol–water partition coefficient (Wildman–Crippen LogP) is 5.61. The first-order chi connectivity index (χ1) is 12.6. The maximum absolute atomic E-state index is 13.3. The van der Waals surface area contributed by atoms with Crippen molar-refractivity contribution >= 4 is 40.2 Å². The largest absolute Gasteiger partial charge is 0.258 e. The summed E-state index contributed by atoms with van der Waals surface area (Å²) in [7, 11) is 0. The summed E-state index contributed by atoms with van der Waals surface area (Å²) in [6.07, 6.45) is 0. The molecule has 2 aromatic carbocycles. The predicted molar refractivity (Wildman–Crippen MR) is 106 cm³/mol. The summed E-state index contributed by atoms with van der Waals surface area (Å²) in [5, 5.41) is 4.55. The minimum Gasteiger partial charge on any atom is -0.258 e. The maximum Gasteiger partial charge on any atom is 0.155 e. The molecule has 6 heteroatoms. The molecule has 0 fully saturated rings. The summed E-state index contributed by atoms with van der Waals surface area (Å²) in [6, 6.07) is 15.9. The molecule has 0 bridgehead atoms. The van der Waals surface area contributed by atoms with Gasteiger partial charge in [-0.25, -0.2) is 14.8 Å². The molecule has 0 amide bonds. The lowest BCUT2D eigenvalue weighted by atomic mass is 10.1. The van der Waals surface area contributed by atoms with Crippen LogP contribution in [0.4, 0.5) is 10.1 Å². The van der Waals surface area contributed by atoms with Gasteiger partial charge in [0, 0.05) is 17.1 Å². The molecule has 0 spiro atoms. The zero-order valence-corrected chi connectivity index (χ0v) is 15.3. The summed E-state index contributed by atoms with van der Waals surface area (Å²) in [5.41, 5.74) is 6.96. The average Bonchev–Trinajstić information content (AvgIpc) is 3.12. The van der Waals surface area contributed by atoms with Gasteiger partial charge in [0.25, 0.3) is 0 Å². The van der Waals surface area contributed by atoms with E-state index >= 15 is 0 Å². The standard InChI is InChI=1S/C20H15ClFN3S/c1-13-19-18(10-11-26-19)24-20(15-4-8-17(22)9-5-15)25(13)23-12-14-2-6-16(21)7-3-14/h2-11,23H,1,12H2. The quantitative estimate of drug-likeness (QED) is 0.634. The van der Waals surface area contributed by atoms with Crippen LogP contribution >= 0.6 is 22.9 Å². The molecule has 0 radical (unpaired) electrons. The van der Waals surface area contributed by atoms with E-state index < -0.39 is 0 Å². The number of halogens is 2. The van der Waals surface area contributed by atoms with E-state index in [1.807, 2.05) is 40.7 Å². The molecule has 0 atom stereocenters. The number of hydrogen-bond acceptors (Lipinski definition) is 4. The number of benzene rings is 2. The third-order valence-electron chi connectivity index (χ3n) is 4.07. The summed E-state index contributed by atoms with van der Waals surface area (Å²) in [5.74, 6) is 0.413. The minimum atomic E-state index is -0.277. The van der Waals surface area contributed by atoms with Crippen LogP contribution in [0.5, 0.6) is 0 Å². The summed E-state index contributed by atoms with van der Waals surface area (Å²) < 4.78 is 13.3. The second-order valence-electron chi connectivity index (χ2n) is 5.82. The van der Waals surface area contributed by atoms with Gasteiger partial charge in [-0.2, -0.15) is 0 Å². The van der Waals surface area contributed by atoms with Crippen molar-refractivity contribution in [2.75, 3.05) is 0 Å². The fourth-order valence-electron chi connectivity index (χ4n) is 2.74. The third kappa shape index (κ3) is 3.29. The van der Waals surface area contributed by atoms with Crippen LogP contribution in [0.15, 0.2) is 71.5 Å². The van der Waals surface area contributed by atoms with Crippen molar-refractivity contribution in [3.05, 3.63) is 93.4 Å². The fourth-order valence-corrected chi connectivity index (χ4v) is 3.66. The topological polar surface area (TPSA) is 27.6 Å². The normalized spacial score (nSPS) is 13.5. The van der Waals surface area contributed by atoms with Gasteiger partial charge in [0.05, 0.1) is 16.3 Å². The van der Waals surface area contributed by atoms with Gasteiger partial charge in [-0.05, 0) is 53.4 Å². The Labute approximate surface area is 160 Å². The van der Waals surface area contributed by atoms with Crippen molar-refractivity contribution in [1.29, 1.82) is 0 Å². The van der Waals surface area contributed by atoms with E-state index in [0.29, 0.717) is 17.4 Å². The van der Waals surface area contributed by atoms with E-state index in [1.165, 1.54) is 12.1 Å². The zero-order valence-electron chi connectivity index (χ0n) is 13.7. The molecule has 1 aliphatic rings. The van der Waals surface area contributed by atoms with Crippen molar-refractivity contribution in [3.8, 4) is 0 Å². The minimum absolute atomic E-state index is 0.277. The molecular formula is C20H15ClFN3S. The number of fused-ring (bicyclic) bond motifs is 1. The van der Waals surface area contributed by atoms with Crippen molar-refractivity contribution in [2.24, 2.45) is 4.99 Å². The Kier molecular flexibility index (Phi) is 4.59. The number of rotatable bonds is 4. The van der Waals surface area contributed by atoms with Gasteiger partial charge in [-0.3, -0.25) is 5.01 Å². The van der Waals surface area contributed by atoms with Gasteiger partial charge < -0.3 is 0 Å². The van der Waals surface area contributed by atoms with Crippen molar-refractivity contribution in [3.63, 3.8) is 0 Å². The SMILES string of the molecule is C=C1c2sccc2N=C(c2ccc(F)cc2)N1NCc1ccc(Cl)cc1. The lowest BCUT2D eigenvalue weighted by molar-refractivity contribution is 0.419. The maximum atomic E-state index is 13.3. The Morgan fingerprint density at radius 1 is 1.08 bits per heavy atom. The van der Waals surface area contributed by atoms with Crippen molar-refractivity contribution < 1.29 is 4.39 Å². The molecule has 1 N–H and O–H groups in total. The number of hydrogen-bond donors (Lipinski definition) is 1. The molecule has 3 nitrogen and oxygen atoms in total. The highest BCUT2D eigenvalue weighted by molar-refractivity contribution is 7.11. The van der Waals surface area contributed by atoms with Crippen molar-refractivity contribution in [1.82, 2.24) is 10.4 Å². The average molecular weight is 384 g/mol. The lowest BCUT2D eigenvalue weighted by Gasteiger charge is -2.31. The van der Waals surface area contributed by atoms with Crippen LogP contribution < -0.4 is 5.43 Å². The molecule has 1 aromatic heterocycles. The van der Waals surface area contributed by atoms with E-state index in [9.17, 15) is 4.39 Å². The Balaban J connectivity index is 1.66. The Morgan fingerprint density at radius 2 is 1.81 bits per heavy atom. The molecule has 130 valence electrons. The zero-order chi connectivity index (χ0) is 18.1. The molecule has 3 aromatic rings. The van der Waals surface area contributed by atoms with E-state index in [0.717, 1.165) is 27.4 Å². The van der Waals surface area contributed by atoms with Gasteiger partial charge in [-0.15, -0.1) is 11.3 Å². The highest BCUT2D eigenvalue weighted by Crippen LogP contribution is 2.37. The molecule has 0 saturated heterocycles. The van der Waals surface area contributed by atoms with E-state index in [-0.39, 0.29) is 5.82 Å². The first-order valence-electron chi connectivity index (χ1n) is 8.01. The monoisotopic (exact) mass is 383 g/mol. The van der Waals surface area contributed by atoms with Crippen LogP contribution in [0.1, 0.15) is 16.0 Å². The molecule has 2 heterocycles. The number of nitrogens with one attached hydrogen (secondary N) is 1. The van der Waals surface area contributed by atoms with Crippen LogP contribution in [0.25, 0.3) is 5.70 Å². The molecule has 4 rings (SSSR count). The summed E-state index contributed by atoms with van der Waals surface area (Å²) >= 11 is 7.54. The highest BCUT2D eigenvalue weighted by atomic mass is 35.5. The number of thiophene rings is 1. The molecule has 0 unspecified atom stereocenters. The van der Waals surface area contributed by atoms with E-state index in [2.05, 4.69) is 12.0 Å². The first-order valence-corrected chi connectivity index (χ1v) is 9.27. The second-order valence-corrected chi connectivity index (χ2v) is 7.17. The van der Waals surface area contributed by atoms with E-state index in [4.69, 9.17) is 16.6 Å². The van der Waals surface area contributed by atoms with Crippen LogP contribution in [0.3, 0.4) is 0 Å². The summed E-state index contributed by atoms with van der Waals surface area (Å²) in [4.78, 5) is 5.76. The molecule has 0 aliphatic carbocycles. The highest BCUT2D eigenvalue weighted by Gasteiger charge is 2.25.